The van der Waals surface area contributed by atoms with Crippen molar-refractivity contribution in [1.29, 1.82) is 0 Å². The topological polar surface area (TPSA) is 73.6 Å². The molecule has 1 heterocycles. The smallest absolute Gasteiger partial charge is 0.228 e. The Morgan fingerprint density at radius 2 is 2.04 bits per heavy atom. The highest BCUT2D eigenvalue weighted by Gasteiger charge is 2.25. The number of aromatic nitrogens is 1. The number of carbonyl (C=O) groups excluding carboxylic acids is 1. The minimum Gasteiger partial charge on any atom is -0.493 e. The standard InChI is InChI=1S/C19H26N2O4/c1-6-15(18-12(3)21-25-13(18)4)19(22)20-11-14-8-9-16(24-7-2)17(10-14)23-5/h8-10,15H,6-7,11H2,1-5H3,(H,20,22)/t15-/m1/s1. The number of aryl methyl sites for hydroxylation is 2. The highest BCUT2D eigenvalue weighted by atomic mass is 16.5. The van der Waals surface area contributed by atoms with Gasteiger partial charge in [0.05, 0.1) is 25.3 Å². The number of carbonyl (C=O) groups is 1. The molecule has 2 aromatic rings. The van der Waals surface area contributed by atoms with Crippen molar-refractivity contribution in [2.75, 3.05) is 13.7 Å². The molecule has 0 aliphatic heterocycles. The van der Waals surface area contributed by atoms with E-state index in [1.807, 2.05) is 45.9 Å². The molecule has 1 N–H and O–H groups in total. The maximum Gasteiger partial charge on any atom is 0.228 e. The molecule has 0 fully saturated rings. The third-order valence-electron chi connectivity index (χ3n) is 4.16. The normalized spacial score (nSPS) is 11.9. The van der Waals surface area contributed by atoms with Crippen molar-refractivity contribution < 1.29 is 18.8 Å². The zero-order valence-corrected chi connectivity index (χ0v) is 15.5. The largest absolute Gasteiger partial charge is 0.493 e. The number of nitrogens with one attached hydrogen (secondary N) is 1. The average Bonchev–Trinajstić information content (AvgIpc) is 2.94. The molecule has 0 bridgehead atoms. The Labute approximate surface area is 148 Å². The van der Waals surface area contributed by atoms with Gasteiger partial charge in [0.1, 0.15) is 5.76 Å². The molecule has 2 rings (SSSR count). The van der Waals surface area contributed by atoms with Crippen LogP contribution in [0, 0.1) is 13.8 Å². The van der Waals surface area contributed by atoms with Gasteiger partial charge in [0.15, 0.2) is 11.5 Å². The Bertz CT molecular complexity index is 705. The molecule has 0 spiro atoms. The van der Waals surface area contributed by atoms with Crippen LogP contribution in [0.4, 0.5) is 0 Å². The summed E-state index contributed by atoms with van der Waals surface area (Å²) >= 11 is 0. The Morgan fingerprint density at radius 1 is 1.28 bits per heavy atom. The van der Waals surface area contributed by atoms with Crippen LogP contribution in [0.15, 0.2) is 22.7 Å². The molecule has 6 nitrogen and oxygen atoms in total. The number of ether oxygens (including phenoxy) is 2. The highest BCUT2D eigenvalue weighted by Crippen LogP contribution is 2.29. The van der Waals surface area contributed by atoms with Gasteiger partial charge in [-0.3, -0.25) is 4.79 Å². The molecule has 0 saturated carbocycles. The second-order valence-corrected chi connectivity index (χ2v) is 5.83. The van der Waals surface area contributed by atoms with Crippen LogP contribution in [0.2, 0.25) is 0 Å². The first-order valence-corrected chi connectivity index (χ1v) is 8.51. The first-order chi connectivity index (χ1) is 12.0. The number of methoxy groups -OCH3 is 1. The molecule has 136 valence electrons. The fourth-order valence-corrected chi connectivity index (χ4v) is 2.92. The molecule has 1 amide bonds. The predicted molar refractivity (Wildman–Crippen MR) is 95.0 cm³/mol. The molecule has 1 aromatic heterocycles. The van der Waals surface area contributed by atoms with Gasteiger partial charge in [-0.25, -0.2) is 0 Å². The quantitative estimate of drug-likeness (QED) is 0.792. The third-order valence-corrected chi connectivity index (χ3v) is 4.16. The zero-order valence-electron chi connectivity index (χ0n) is 15.5. The van der Waals surface area contributed by atoms with Gasteiger partial charge < -0.3 is 19.3 Å². The minimum absolute atomic E-state index is 0.0373. The summed E-state index contributed by atoms with van der Waals surface area (Å²) in [6.07, 6.45) is 0.682. The highest BCUT2D eigenvalue weighted by molar-refractivity contribution is 5.84. The number of rotatable bonds is 8. The van der Waals surface area contributed by atoms with Gasteiger partial charge in [-0.05, 0) is 44.9 Å². The Hall–Kier alpha value is -2.50. The lowest BCUT2D eigenvalue weighted by Gasteiger charge is -2.16. The molecule has 25 heavy (non-hydrogen) atoms. The van der Waals surface area contributed by atoms with E-state index in [0.717, 1.165) is 16.8 Å². The summed E-state index contributed by atoms with van der Waals surface area (Å²) < 4.78 is 16.1. The van der Waals surface area contributed by atoms with Crippen molar-refractivity contribution in [3.63, 3.8) is 0 Å². The molecular weight excluding hydrogens is 320 g/mol. The molecule has 0 unspecified atom stereocenters. The van der Waals surface area contributed by atoms with Crippen LogP contribution in [0.5, 0.6) is 11.5 Å². The Balaban J connectivity index is 2.08. The number of nitrogens with zero attached hydrogens (tertiary/aromatic N) is 1. The fourth-order valence-electron chi connectivity index (χ4n) is 2.92. The van der Waals surface area contributed by atoms with Crippen LogP contribution < -0.4 is 14.8 Å². The summed E-state index contributed by atoms with van der Waals surface area (Å²) in [7, 11) is 1.60. The monoisotopic (exact) mass is 346 g/mol. The van der Waals surface area contributed by atoms with E-state index in [9.17, 15) is 4.79 Å². The SMILES string of the molecule is CCOc1ccc(CNC(=O)[C@H](CC)c2c(C)noc2C)cc1OC. The van der Waals surface area contributed by atoms with Crippen LogP contribution in [0.25, 0.3) is 0 Å². The van der Waals surface area contributed by atoms with Crippen LogP contribution in [-0.4, -0.2) is 24.8 Å². The number of amides is 1. The van der Waals surface area contributed by atoms with E-state index in [0.29, 0.717) is 36.8 Å². The summed E-state index contributed by atoms with van der Waals surface area (Å²) in [6, 6.07) is 5.65. The molecule has 0 radical (unpaired) electrons. The molecule has 6 heteroatoms. The van der Waals surface area contributed by atoms with Gasteiger partial charge in [-0.2, -0.15) is 0 Å². The molecule has 1 aromatic carbocycles. The van der Waals surface area contributed by atoms with E-state index < -0.39 is 0 Å². The lowest BCUT2D eigenvalue weighted by molar-refractivity contribution is -0.122. The van der Waals surface area contributed by atoms with Gasteiger partial charge in [-0.15, -0.1) is 0 Å². The average molecular weight is 346 g/mol. The second kappa shape index (κ2) is 8.55. The maximum atomic E-state index is 12.6. The number of benzene rings is 1. The van der Waals surface area contributed by atoms with Crippen molar-refractivity contribution in [1.82, 2.24) is 10.5 Å². The number of hydrogen-bond acceptors (Lipinski definition) is 5. The van der Waals surface area contributed by atoms with Gasteiger partial charge >= 0.3 is 0 Å². The van der Waals surface area contributed by atoms with Gasteiger partial charge in [0.2, 0.25) is 5.91 Å². The third kappa shape index (κ3) is 4.32. The van der Waals surface area contributed by atoms with E-state index in [-0.39, 0.29) is 11.8 Å². The van der Waals surface area contributed by atoms with Crippen molar-refractivity contribution >= 4 is 5.91 Å². The van der Waals surface area contributed by atoms with Crippen molar-refractivity contribution in [3.05, 3.63) is 40.8 Å². The van der Waals surface area contributed by atoms with Crippen molar-refractivity contribution in [2.24, 2.45) is 0 Å². The van der Waals surface area contributed by atoms with Crippen molar-refractivity contribution in [3.8, 4) is 11.5 Å². The van der Waals surface area contributed by atoms with Gasteiger partial charge in [0.25, 0.3) is 0 Å². The van der Waals surface area contributed by atoms with E-state index in [4.69, 9.17) is 14.0 Å². The molecule has 0 aliphatic rings. The Kier molecular flexibility index (Phi) is 6.44. The van der Waals surface area contributed by atoms with E-state index in [1.165, 1.54) is 0 Å². The summed E-state index contributed by atoms with van der Waals surface area (Å²) in [4.78, 5) is 12.6. The van der Waals surface area contributed by atoms with Crippen LogP contribution >= 0.6 is 0 Å². The summed E-state index contributed by atoms with van der Waals surface area (Å²) in [5.41, 5.74) is 2.59. The molecule has 1 atom stereocenters. The second-order valence-electron chi connectivity index (χ2n) is 5.83. The van der Waals surface area contributed by atoms with Crippen molar-refractivity contribution in [2.45, 2.75) is 46.6 Å². The molecule has 0 aliphatic carbocycles. The molecular formula is C19H26N2O4. The van der Waals surface area contributed by atoms with Crippen LogP contribution in [0.3, 0.4) is 0 Å². The summed E-state index contributed by atoms with van der Waals surface area (Å²) in [6.45, 7) is 8.59. The van der Waals surface area contributed by atoms with E-state index in [1.54, 1.807) is 7.11 Å². The fraction of sp³-hybridized carbons (Fsp3) is 0.474. The van der Waals surface area contributed by atoms with Crippen LogP contribution in [0.1, 0.15) is 48.8 Å². The first-order valence-electron chi connectivity index (χ1n) is 8.51. The number of hydrogen-bond donors (Lipinski definition) is 1. The van der Waals surface area contributed by atoms with E-state index >= 15 is 0 Å². The lowest BCUT2D eigenvalue weighted by Crippen LogP contribution is -2.29. The van der Waals surface area contributed by atoms with E-state index in [2.05, 4.69) is 10.5 Å². The lowest BCUT2D eigenvalue weighted by atomic mass is 9.94. The van der Waals surface area contributed by atoms with Gasteiger partial charge in [0, 0.05) is 12.1 Å². The summed E-state index contributed by atoms with van der Waals surface area (Å²) in [5.74, 6) is 1.75. The predicted octanol–water partition coefficient (Wildman–Crippen LogP) is 3.51. The summed E-state index contributed by atoms with van der Waals surface area (Å²) in [5, 5.41) is 6.94. The molecule has 0 saturated heterocycles. The first kappa shape index (κ1) is 18.8. The minimum atomic E-state index is -0.268. The zero-order chi connectivity index (χ0) is 18.4. The maximum absolute atomic E-state index is 12.6. The van der Waals surface area contributed by atoms with Crippen LogP contribution in [-0.2, 0) is 11.3 Å². The van der Waals surface area contributed by atoms with Gasteiger partial charge in [-0.1, -0.05) is 18.1 Å². The Morgan fingerprint density at radius 3 is 2.60 bits per heavy atom.